The Kier molecular flexibility index (Phi) is 6.82. The minimum Gasteiger partial charge on any atom is -0.497 e. The van der Waals surface area contributed by atoms with Gasteiger partial charge in [-0.25, -0.2) is 0 Å². The number of rotatable bonds is 6. The van der Waals surface area contributed by atoms with E-state index >= 15 is 0 Å². The zero-order valence-electron chi connectivity index (χ0n) is 17.7. The van der Waals surface area contributed by atoms with Crippen molar-refractivity contribution < 1.29 is 23.0 Å². The van der Waals surface area contributed by atoms with Crippen molar-refractivity contribution in [3.05, 3.63) is 81.1 Å². The molecule has 0 unspecified atom stereocenters. The molecule has 1 heterocycles. The highest BCUT2D eigenvalue weighted by molar-refractivity contribution is 5.57. The fourth-order valence-electron chi connectivity index (χ4n) is 3.20. The molecule has 0 saturated heterocycles. The Hall–Kier alpha value is -4.13. The molecule has 2 aromatic carbocycles. The monoisotopic (exact) mass is 456 g/mol. The van der Waals surface area contributed by atoms with Crippen LogP contribution in [-0.2, 0) is 19.1 Å². The summed E-state index contributed by atoms with van der Waals surface area (Å²) in [6, 6.07) is 13.4. The molecule has 1 aromatic heterocycles. The summed E-state index contributed by atoms with van der Waals surface area (Å²) in [6.07, 6.45) is -4.32. The van der Waals surface area contributed by atoms with Gasteiger partial charge in [-0.1, -0.05) is 24.3 Å². The van der Waals surface area contributed by atoms with Gasteiger partial charge in [-0.3, -0.25) is 9.36 Å². The summed E-state index contributed by atoms with van der Waals surface area (Å²) in [6.45, 7) is 1.38. The highest BCUT2D eigenvalue weighted by Crippen LogP contribution is 2.37. The van der Waals surface area contributed by atoms with Gasteiger partial charge in [-0.05, 0) is 43.2 Å². The van der Waals surface area contributed by atoms with E-state index in [1.54, 1.807) is 24.3 Å². The molecular weight excluding hydrogens is 437 g/mol. The van der Waals surface area contributed by atoms with E-state index in [0.29, 0.717) is 12.2 Å². The van der Waals surface area contributed by atoms with Crippen molar-refractivity contribution in [2.75, 3.05) is 7.11 Å². The van der Waals surface area contributed by atoms with Crippen molar-refractivity contribution >= 4 is 11.4 Å². The summed E-state index contributed by atoms with van der Waals surface area (Å²) < 4.78 is 45.7. The third-order valence-electron chi connectivity index (χ3n) is 5.02. The molecule has 0 radical (unpaired) electrons. The number of aromatic hydroxyl groups is 1. The van der Waals surface area contributed by atoms with Crippen molar-refractivity contribution in [1.29, 1.82) is 5.26 Å². The third kappa shape index (κ3) is 5.03. The van der Waals surface area contributed by atoms with Crippen molar-refractivity contribution in [1.82, 2.24) is 4.57 Å². The summed E-state index contributed by atoms with van der Waals surface area (Å²) in [5.41, 5.74) is -1.92. The fourth-order valence-corrected chi connectivity index (χ4v) is 3.20. The summed E-state index contributed by atoms with van der Waals surface area (Å²) in [5.74, 6) is 0.117. The maximum atomic E-state index is 13.2. The van der Waals surface area contributed by atoms with Crippen LogP contribution in [0.3, 0.4) is 0 Å². The van der Waals surface area contributed by atoms with Crippen LogP contribution in [0.5, 0.6) is 11.6 Å². The Labute approximate surface area is 187 Å². The Balaban J connectivity index is 2.02. The molecule has 0 bridgehead atoms. The Morgan fingerprint density at radius 1 is 1.12 bits per heavy atom. The van der Waals surface area contributed by atoms with Crippen molar-refractivity contribution in [2.24, 2.45) is 10.2 Å². The lowest BCUT2D eigenvalue weighted by atomic mass is 10.1. The molecule has 10 heteroatoms. The van der Waals surface area contributed by atoms with Crippen LogP contribution in [0.4, 0.5) is 24.5 Å². The number of aryl methyl sites for hydroxylation is 1. The number of alkyl halides is 3. The molecule has 0 aliphatic heterocycles. The molecule has 0 spiro atoms. The summed E-state index contributed by atoms with van der Waals surface area (Å²) in [4.78, 5) is 13.0. The van der Waals surface area contributed by atoms with E-state index in [1.807, 2.05) is 6.07 Å². The Morgan fingerprint density at radius 2 is 1.79 bits per heavy atom. The molecule has 3 rings (SSSR count). The van der Waals surface area contributed by atoms with Crippen LogP contribution in [-0.4, -0.2) is 16.8 Å². The first-order chi connectivity index (χ1) is 15.7. The highest BCUT2D eigenvalue weighted by Gasteiger charge is 2.33. The predicted octanol–water partition coefficient (Wildman–Crippen LogP) is 5.42. The molecule has 0 atom stereocenters. The SMILES string of the molecule is COc1ccc(CCn2c(O)c(C#N)c(C)c(N=Nc3ccccc3C(F)(F)F)c2=O)cc1. The van der Waals surface area contributed by atoms with Crippen LogP contribution in [0, 0.1) is 18.3 Å². The predicted molar refractivity (Wildman–Crippen MR) is 114 cm³/mol. The number of pyridine rings is 1. The Morgan fingerprint density at radius 3 is 2.39 bits per heavy atom. The van der Waals surface area contributed by atoms with E-state index in [9.17, 15) is 28.3 Å². The number of methoxy groups -OCH3 is 1. The summed E-state index contributed by atoms with van der Waals surface area (Å²) >= 11 is 0. The van der Waals surface area contributed by atoms with E-state index in [0.717, 1.165) is 22.3 Å². The second kappa shape index (κ2) is 9.56. The van der Waals surface area contributed by atoms with Gasteiger partial charge in [0.05, 0.1) is 18.4 Å². The third-order valence-corrected chi connectivity index (χ3v) is 5.02. The number of hydrogen-bond donors (Lipinski definition) is 1. The second-order valence-corrected chi connectivity index (χ2v) is 7.05. The molecule has 33 heavy (non-hydrogen) atoms. The number of aromatic nitrogens is 1. The van der Waals surface area contributed by atoms with Gasteiger partial charge in [-0.2, -0.15) is 18.4 Å². The van der Waals surface area contributed by atoms with E-state index < -0.39 is 28.9 Å². The lowest BCUT2D eigenvalue weighted by molar-refractivity contribution is -0.137. The van der Waals surface area contributed by atoms with Gasteiger partial charge in [0.15, 0.2) is 5.69 Å². The van der Waals surface area contributed by atoms with E-state index in [-0.39, 0.29) is 23.4 Å². The molecule has 0 aliphatic carbocycles. The van der Waals surface area contributed by atoms with Crippen LogP contribution < -0.4 is 10.3 Å². The maximum Gasteiger partial charge on any atom is 0.418 e. The van der Waals surface area contributed by atoms with Crippen molar-refractivity contribution in [3.63, 3.8) is 0 Å². The number of halogens is 3. The molecule has 3 aromatic rings. The largest absolute Gasteiger partial charge is 0.497 e. The van der Waals surface area contributed by atoms with Gasteiger partial charge in [-0.15, -0.1) is 10.2 Å². The van der Waals surface area contributed by atoms with E-state index in [4.69, 9.17) is 4.74 Å². The minimum absolute atomic E-state index is 0.00755. The molecular formula is C23H19F3N4O3. The van der Waals surface area contributed by atoms with Crippen LogP contribution in [0.25, 0.3) is 0 Å². The van der Waals surface area contributed by atoms with E-state index in [1.165, 1.54) is 26.2 Å². The lowest BCUT2D eigenvalue weighted by Crippen LogP contribution is -2.23. The number of hydrogen-bond acceptors (Lipinski definition) is 6. The highest BCUT2D eigenvalue weighted by atomic mass is 19.4. The van der Waals surface area contributed by atoms with Gasteiger partial charge in [0, 0.05) is 12.1 Å². The molecule has 0 amide bonds. The average Bonchev–Trinajstić information content (AvgIpc) is 2.79. The molecule has 0 fully saturated rings. The quantitative estimate of drug-likeness (QED) is 0.501. The molecule has 0 saturated carbocycles. The number of nitriles is 1. The van der Waals surface area contributed by atoms with Gasteiger partial charge in [0.1, 0.15) is 17.4 Å². The van der Waals surface area contributed by atoms with Crippen molar-refractivity contribution in [2.45, 2.75) is 26.1 Å². The average molecular weight is 456 g/mol. The van der Waals surface area contributed by atoms with Gasteiger partial charge < -0.3 is 9.84 Å². The number of nitrogens with zero attached hydrogens (tertiary/aromatic N) is 4. The first kappa shape index (κ1) is 23.5. The summed E-state index contributed by atoms with van der Waals surface area (Å²) in [7, 11) is 1.53. The number of azo groups is 1. The second-order valence-electron chi connectivity index (χ2n) is 7.05. The van der Waals surface area contributed by atoms with Gasteiger partial charge in [0.2, 0.25) is 5.88 Å². The summed E-state index contributed by atoms with van der Waals surface area (Å²) in [5, 5.41) is 27.3. The maximum absolute atomic E-state index is 13.2. The first-order valence-corrected chi connectivity index (χ1v) is 9.74. The topological polar surface area (TPSA) is 100.0 Å². The number of benzene rings is 2. The lowest BCUT2D eigenvalue weighted by Gasteiger charge is -2.13. The van der Waals surface area contributed by atoms with Crippen LogP contribution in [0.15, 0.2) is 63.6 Å². The smallest absolute Gasteiger partial charge is 0.418 e. The molecule has 0 aliphatic rings. The zero-order valence-corrected chi connectivity index (χ0v) is 17.7. The zero-order chi connectivity index (χ0) is 24.2. The van der Waals surface area contributed by atoms with Crippen LogP contribution >= 0.6 is 0 Å². The minimum atomic E-state index is -4.66. The standard InChI is InChI=1S/C23H19F3N4O3/c1-14-17(13-27)21(31)30(12-11-15-7-9-16(33-2)10-8-15)22(32)20(14)29-28-19-6-4-3-5-18(19)23(24,25)26/h3-10,31H,11-12H2,1-2H3. The van der Waals surface area contributed by atoms with Crippen LogP contribution in [0.1, 0.15) is 22.3 Å². The molecule has 7 nitrogen and oxygen atoms in total. The number of ether oxygens (including phenoxy) is 1. The fraction of sp³-hybridized carbons (Fsp3) is 0.217. The Bertz CT molecular complexity index is 1290. The normalized spacial score (nSPS) is 11.5. The molecule has 170 valence electrons. The molecule has 1 N–H and O–H groups in total. The van der Waals surface area contributed by atoms with Crippen molar-refractivity contribution in [3.8, 4) is 17.7 Å². The van der Waals surface area contributed by atoms with Gasteiger partial charge >= 0.3 is 6.18 Å². The van der Waals surface area contributed by atoms with E-state index in [2.05, 4.69) is 10.2 Å². The first-order valence-electron chi connectivity index (χ1n) is 9.74. The van der Waals surface area contributed by atoms with Gasteiger partial charge in [0.25, 0.3) is 5.56 Å². The van der Waals surface area contributed by atoms with Crippen LogP contribution in [0.2, 0.25) is 0 Å².